The highest BCUT2D eigenvalue weighted by atomic mass is 32.2. The molecule has 78 valence electrons. The van der Waals surface area contributed by atoms with Crippen molar-refractivity contribution in [1.29, 1.82) is 0 Å². The molecule has 1 rings (SSSR count). The highest BCUT2D eigenvalue weighted by Crippen LogP contribution is 2.29. The summed E-state index contributed by atoms with van der Waals surface area (Å²) >= 11 is 0. The van der Waals surface area contributed by atoms with E-state index in [1.165, 1.54) is 6.26 Å². The van der Waals surface area contributed by atoms with E-state index in [-0.39, 0.29) is 11.4 Å². The first kappa shape index (κ1) is 11.0. The van der Waals surface area contributed by atoms with Crippen LogP contribution in [-0.2, 0) is 9.84 Å². The summed E-state index contributed by atoms with van der Waals surface area (Å²) in [6.45, 7) is 1.78. The third-order valence-electron chi connectivity index (χ3n) is 3.01. The van der Waals surface area contributed by atoms with Gasteiger partial charge in [-0.2, -0.15) is 0 Å². The van der Waals surface area contributed by atoms with Gasteiger partial charge in [-0.25, -0.2) is 8.42 Å². The third-order valence-corrected chi connectivity index (χ3v) is 4.69. The molecule has 0 aromatic heterocycles. The topological polar surface area (TPSA) is 54.4 Å². The first-order valence-corrected chi connectivity index (χ1v) is 6.73. The predicted octanol–water partition coefficient (Wildman–Crippen LogP) is 0.971. The maximum absolute atomic E-state index is 11.2. The summed E-state index contributed by atoms with van der Waals surface area (Å²) in [5.74, 6) is 0.304. The average Bonchev–Trinajstić information content (AvgIpc) is 2.03. The van der Waals surface area contributed by atoms with Gasteiger partial charge in [0.2, 0.25) is 0 Å². The van der Waals surface area contributed by atoms with Crippen LogP contribution in [0.2, 0.25) is 0 Å². The minimum Gasteiger partial charge on any atom is -0.393 e. The van der Waals surface area contributed by atoms with E-state index < -0.39 is 9.84 Å². The molecule has 0 bridgehead atoms. The van der Waals surface area contributed by atoms with E-state index in [4.69, 9.17) is 0 Å². The summed E-state index contributed by atoms with van der Waals surface area (Å²) in [7, 11) is -2.86. The molecule has 0 aromatic carbocycles. The van der Waals surface area contributed by atoms with Crippen molar-refractivity contribution in [3.05, 3.63) is 0 Å². The number of rotatable bonds is 2. The van der Waals surface area contributed by atoms with Gasteiger partial charge in [-0.3, -0.25) is 0 Å². The van der Waals surface area contributed by atoms with Crippen LogP contribution < -0.4 is 0 Å². The molecule has 1 saturated carbocycles. The van der Waals surface area contributed by atoms with Crippen molar-refractivity contribution in [3.8, 4) is 0 Å². The van der Waals surface area contributed by atoms with Crippen LogP contribution in [0.3, 0.4) is 0 Å². The third kappa shape index (κ3) is 2.95. The molecule has 0 radical (unpaired) electrons. The molecule has 4 heteroatoms. The van der Waals surface area contributed by atoms with Gasteiger partial charge in [0.25, 0.3) is 0 Å². The van der Waals surface area contributed by atoms with Gasteiger partial charge in [-0.05, 0) is 38.5 Å². The molecular weight excluding hydrogens is 188 g/mol. The number of aliphatic hydroxyl groups is 1. The molecule has 3 nitrogen and oxygen atoms in total. The van der Waals surface area contributed by atoms with Crippen LogP contribution in [0.15, 0.2) is 0 Å². The Balaban J connectivity index is 2.49. The van der Waals surface area contributed by atoms with Gasteiger partial charge in [-0.1, -0.05) is 0 Å². The predicted molar refractivity (Wildman–Crippen MR) is 52.3 cm³/mol. The smallest absolute Gasteiger partial charge is 0.150 e. The molecule has 0 aliphatic heterocycles. The molecule has 1 N–H and O–H groups in total. The number of aliphatic hydroxyl groups excluding tert-OH is 1. The average molecular weight is 206 g/mol. The lowest BCUT2D eigenvalue weighted by atomic mass is 9.86. The van der Waals surface area contributed by atoms with Crippen molar-refractivity contribution < 1.29 is 13.5 Å². The quantitative estimate of drug-likeness (QED) is 0.732. The molecule has 0 amide bonds. The lowest BCUT2D eigenvalue weighted by molar-refractivity contribution is 0.102. The van der Waals surface area contributed by atoms with E-state index in [1.807, 2.05) is 0 Å². The summed E-state index contributed by atoms with van der Waals surface area (Å²) in [6.07, 6.45) is 4.13. The van der Waals surface area contributed by atoms with Crippen LogP contribution >= 0.6 is 0 Å². The summed E-state index contributed by atoms with van der Waals surface area (Å²) in [6, 6.07) is 0. The normalized spacial score (nSPS) is 32.8. The molecule has 0 unspecified atom stereocenters. The Kier molecular flexibility index (Phi) is 3.35. The maximum Gasteiger partial charge on any atom is 0.150 e. The Morgan fingerprint density at radius 3 is 2.00 bits per heavy atom. The molecule has 0 aromatic rings. The fraction of sp³-hybridized carbons (Fsp3) is 1.00. The monoisotopic (exact) mass is 206 g/mol. The molecule has 1 aliphatic carbocycles. The van der Waals surface area contributed by atoms with Gasteiger partial charge in [0, 0.05) is 6.26 Å². The standard InChI is InChI=1S/C9H18O3S/c1-7(10)8-3-5-9(6-4-8)13(2,11)12/h7-10H,3-6H2,1-2H3/t7-,8?,9?/m1/s1. The van der Waals surface area contributed by atoms with Crippen LogP contribution in [-0.4, -0.2) is 31.1 Å². The molecule has 13 heavy (non-hydrogen) atoms. The Morgan fingerprint density at radius 1 is 1.23 bits per heavy atom. The molecule has 0 saturated heterocycles. The van der Waals surface area contributed by atoms with Crippen molar-refractivity contribution in [2.75, 3.05) is 6.26 Å². The maximum atomic E-state index is 11.2. The highest BCUT2D eigenvalue weighted by Gasteiger charge is 2.29. The number of sulfone groups is 1. The fourth-order valence-corrected chi connectivity index (χ4v) is 3.13. The highest BCUT2D eigenvalue weighted by molar-refractivity contribution is 7.91. The largest absolute Gasteiger partial charge is 0.393 e. The van der Waals surface area contributed by atoms with Gasteiger partial charge >= 0.3 is 0 Å². The van der Waals surface area contributed by atoms with Crippen molar-refractivity contribution in [2.45, 2.75) is 44.0 Å². The number of hydrogen-bond acceptors (Lipinski definition) is 3. The van der Waals surface area contributed by atoms with Gasteiger partial charge < -0.3 is 5.11 Å². The molecule has 1 atom stereocenters. The minimum atomic E-state index is -2.86. The second kappa shape index (κ2) is 3.96. The minimum absolute atomic E-state index is 0.164. The summed E-state index contributed by atoms with van der Waals surface area (Å²) in [5, 5.41) is 9.15. The van der Waals surface area contributed by atoms with E-state index in [0.29, 0.717) is 18.8 Å². The molecule has 1 fully saturated rings. The Hall–Kier alpha value is -0.0900. The zero-order valence-corrected chi connectivity index (χ0v) is 9.05. The SMILES string of the molecule is C[C@@H](O)C1CCC(S(C)(=O)=O)CC1. The molecule has 0 heterocycles. The van der Waals surface area contributed by atoms with Crippen molar-refractivity contribution >= 4 is 9.84 Å². The van der Waals surface area contributed by atoms with E-state index in [2.05, 4.69) is 0 Å². The zero-order valence-electron chi connectivity index (χ0n) is 8.23. The van der Waals surface area contributed by atoms with E-state index in [9.17, 15) is 13.5 Å². The zero-order chi connectivity index (χ0) is 10.1. The first-order valence-electron chi connectivity index (χ1n) is 4.78. The fourth-order valence-electron chi connectivity index (χ4n) is 2.00. The van der Waals surface area contributed by atoms with Gasteiger partial charge in [0.15, 0.2) is 0 Å². The molecular formula is C9H18O3S. The van der Waals surface area contributed by atoms with Gasteiger partial charge in [0.1, 0.15) is 9.84 Å². The second-order valence-electron chi connectivity index (χ2n) is 4.11. The van der Waals surface area contributed by atoms with E-state index >= 15 is 0 Å². The van der Waals surface area contributed by atoms with Crippen LogP contribution in [0.5, 0.6) is 0 Å². The molecule has 0 spiro atoms. The van der Waals surface area contributed by atoms with Crippen LogP contribution in [0.4, 0.5) is 0 Å². The lowest BCUT2D eigenvalue weighted by Crippen LogP contribution is -2.30. The Morgan fingerprint density at radius 2 is 1.69 bits per heavy atom. The van der Waals surface area contributed by atoms with Crippen molar-refractivity contribution in [1.82, 2.24) is 0 Å². The van der Waals surface area contributed by atoms with E-state index in [0.717, 1.165) is 12.8 Å². The second-order valence-corrected chi connectivity index (χ2v) is 6.43. The van der Waals surface area contributed by atoms with E-state index in [1.54, 1.807) is 6.92 Å². The van der Waals surface area contributed by atoms with Gasteiger partial charge in [0.05, 0.1) is 11.4 Å². The Bertz CT molecular complexity index is 248. The summed E-state index contributed by atoms with van der Waals surface area (Å²) in [5.41, 5.74) is 0. The van der Waals surface area contributed by atoms with Crippen molar-refractivity contribution in [3.63, 3.8) is 0 Å². The molecule has 1 aliphatic rings. The summed E-state index contributed by atoms with van der Waals surface area (Å²) in [4.78, 5) is 0. The van der Waals surface area contributed by atoms with Crippen LogP contribution in [0.1, 0.15) is 32.6 Å². The Labute approximate surface area is 80.1 Å². The van der Waals surface area contributed by atoms with Crippen molar-refractivity contribution in [2.24, 2.45) is 5.92 Å². The summed E-state index contributed by atoms with van der Waals surface area (Å²) < 4.78 is 22.4. The van der Waals surface area contributed by atoms with Crippen LogP contribution in [0.25, 0.3) is 0 Å². The van der Waals surface area contributed by atoms with Crippen LogP contribution in [0, 0.1) is 5.92 Å². The number of hydrogen-bond donors (Lipinski definition) is 1. The lowest BCUT2D eigenvalue weighted by Gasteiger charge is -2.28. The first-order chi connectivity index (χ1) is 5.91. The van der Waals surface area contributed by atoms with Gasteiger partial charge in [-0.15, -0.1) is 0 Å².